The molecule has 130 valence electrons. The SMILES string of the molecule is O=C(Oc1ccc(/C=N/Nc2cn[nH]c(=O)c2Cl)cc1)c1ccccc1. The van der Waals surface area contributed by atoms with Gasteiger partial charge in [0.05, 0.1) is 18.0 Å². The van der Waals surface area contributed by atoms with E-state index in [1.165, 1.54) is 12.4 Å². The van der Waals surface area contributed by atoms with Crippen molar-refractivity contribution in [3.05, 3.63) is 87.3 Å². The first-order chi connectivity index (χ1) is 12.6. The molecule has 0 fully saturated rings. The Labute approximate surface area is 153 Å². The molecule has 0 unspecified atom stereocenters. The minimum absolute atomic E-state index is 0.0275. The molecule has 1 heterocycles. The average Bonchev–Trinajstić information content (AvgIpc) is 2.67. The molecular formula is C18H13ClN4O3. The number of anilines is 1. The number of esters is 1. The van der Waals surface area contributed by atoms with E-state index in [0.29, 0.717) is 17.0 Å². The molecule has 0 bridgehead atoms. The highest BCUT2D eigenvalue weighted by Gasteiger charge is 2.07. The van der Waals surface area contributed by atoms with E-state index in [2.05, 4.69) is 20.7 Å². The summed E-state index contributed by atoms with van der Waals surface area (Å²) >= 11 is 5.83. The van der Waals surface area contributed by atoms with Gasteiger partial charge in [-0.1, -0.05) is 29.8 Å². The number of aromatic amines is 1. The lowest BCUT2D eigenvalue weighted by Crippen LogP contribution is -2.10. The van der Waals surface area contributed by atoms with Gasteiger partial charge in [0.25, 0.3) is 5.56 Å². The number of carbonyl (C=O) groups is 1. The van der Waals surface area contributed by atoms with Crippen molar-refractivity contribution in [2.75, 3.05) is 5.43 Å². The van der Waals surface area contributed by atoms with Crippen molar-refractivity contribution in [3.8, 4) is 5.75 Å². The summed E-state index contributed by atoms with van der Waals surface area (Å²) in [6.07, 6.45) is 2.88. The van der Waals surface area contributed by atoms with Crippen LogP contribution in [-0.2, 0) is 0 Å². The molecule has 0 aliphatic carbocycles. The Kier molecular flexibility index (Phi) is 5.40. The van der Waals surface area contributed by atoms with Crippen molar-refractivity contribution >= 4 is 29.5 Å². The van der Waals surface area contributed by atoms with Crippen molar-refractivity contribution in [1.82, 2.24) is 10.2 Å². The Morgan fingerprint density at radius 2 is 1.88 bits per heavy atom. The van der Waals surface area contributed by atoms with Crippen LogP contribution in [0.5, 0.6) is 5.75 Å². The van der Waals surface area contributed by atoms with E-state index < -0.39 is 11.5 Å². The zero-order valence-corrected chi connectivity index (χ0v) is 14.1. The lowest BCUT2D eigenvalue weighted by molar-refractivity contribution is 0.0735. The van der Waals surface area contributed by atoms with Crippen molar-refractivity contribution in [2.24, 2.45) is 5.10 Å². The second-order valence-corrected chi connectivity index (χ2v) is 5.50. The molecule has 2 aromatic carbocycles. The summed E-state index contributed by atoms with van der Waals surface area (Å²) in [7, 11) is 0. The Hall–Kier alpha value is -3.45. The second kappa shape index (κ2) is 8.09. The summed E-state index contributed by atoms with van der Waals surface area (Å²) < 4.78 is 5.30. The monoisotopic (exact) mass is 368 g/mol. The highest BCUT2D eigenvalue weighted by Crippen LogP contribution is 2.15. The number of nitrogens with one attached hydrogen (secondary N) is 2. The van der Waals surface area contributed by atoms with E-state index in [9.17, 15) is 9.59 Å². The quantitative estimate of drug-likeness (QED) is 0.312. The minimum Gasteiger partial charge on any atom is -0.423 e. The number of hydrogen-bond acceptors (Lipinski definition) is 6. The minimum atomic E-state index is -0.503. The van der Waals surface area contributed by atoms with Gasteiger partial charge in [0.1, 0.15) is 16.5 Å². The number of benzene rings is 2. The number of rotatable bonds is 5. The second-order valence-electron chi connectivity index (χ2n) is 5.12. The van der Waals surface area contributed by atoms with Crippen molar-refractivity contribution in [2.45, 2.75) is 0 Å². The maximum absolute atomic E-state index is 12.0. The third-order valence-corrected chi connectivity index (χ3v) is 3.67. The molecule has 26 heavy (non-hydrogen) atoms. The molecule has 0 radical (unpaired) electrons. The predicted octanol–water partition coefficient (Wildman–Crippen LogP) is 3.09. The molecule has 0 atom stereocenters. The van der Waals surface area contributed by atoms with E-state index in [0.717, 1.165) is 5.56 Å². The summed E-state index contributed by atoms with van der Waals surface area (Å²) in [6.45, 7) is 0. The summed E-state index contributed by atoms with van der Waals surface area (Å²) in [5.41, 5.74) is 3.66. The standard InChI is InChI=1S/C18H13ClN4O3/c19-16-15(11-21-23-17(16)24)22-20-10-12-6-8-14(9-7-12)26-18(25)13-4-2-1-3-5-13/h1-11H,(H2,22,23,24)/b20-10+. The van der Waals surface area contributed by atoms with Crippen LogP contribution < -0.4 is 15.7 Å². The first kappa shape index (κ1) is 17.4. The van der Waals surface area contributed by atoms with Gasteiger partial charge in [-0.15, -0.1) is 0 Å². The molecule has 2 N–H and O–H groups in total. The van der Waals surface area contributed by atoms with E-state index in [4.69, 9.17) is 16.3 Å². The molecule has 8 heteroatoms. The molecule has 3 rings (SSSR count). The summed E-state index contributed by atoms with van der Waals surface area (Å²) in [4.78, 5) is 23.3. The largest absolute Gasteiger partial charge is 0.423 e. The molecule has 3 aromatic rings. The van der Waals surface area contributed by atoms with Gasteiger partial charge in [-0.3, -0.25) is 10.2 Å². The van der Waals surface area contributed by atoms with E-state index in [1.807, 2.05) is 6.07 Å². The molecule has 7 nitrogen and oxygen atoms in total. The van der Waals surface area contributed by atoms with Crippen LogP contribution in [0.25, 0.3) is 0 Å². The first-order valence-corrected chi connectivity index (χ1v) is 7.91. The van der Waals surface area contributed by atoms with Gasteiger partial charge in [-0.05, 0) is 42.0 Å². The molecule has 1 aromatic heterocycles. The predicted molar refractivity (Wildman–Crippen MR) is 98.9 cm³/mol. The number of ether oxygens (including phenoxy) is 1. The Balaban J connectivity index is 1.61. The number of aromatic nitrogens is 2. The maximum Gasteiger partial charge on any atom is 0.343 e. The summed E-state index contributed by atoms with van der Waals surface area (Å²) in [5.74, 6) is -0.00377. The fourth-order valence-corrected chi connectivity index (χ4v) is 2.13. The Morgan fingerprint density at radius 1 is 1.15 bits per heavy atom. The molecule has 0 amide bonds. The molecule has 0 saturated carbocycles. The van der Waals surface area contributed by atoms with Crippen LogP contribution in [0.2, 0.25) is 5.02 Å². The number of carbonyl (C=O) groups excluding carboxylic acids is 1. The number of hydrazone groups is 1. The Bertz CT molecular complexity index is 985. The molecule has 0 aliphatic heterocycles. The van der Waals surface area contributed by atoms with Gasteiger partial charge in [0.2, 0.25) is 0 Å². The maximum atomic E-state index is 12.0. The lowest BCUT2D eigenvalue weighted by Gasteiger charge is -2.04. The number of nitrogens with zero attached hydrogens (tertiary/aromatic N) is 2. The summed E-state index contributed by atoms with van der Waals surface area (Å²) in [6, 6.07) is 15.5. The number of H-pyrrole nitrogens is 1. The van der Waals surface area contributed by atoms with Gasteiger partial charge in [-0.25, -0.2) is 9.89 Å². The van der Waals surface area contributed by atoms with Gasteiger partial charge in [-0.2, -0.15) is 10.2 Å². The molecule has 0 spiro atoms. The van der Waals surface area contributed by atoms with Crippen LogP contribution in [0.3, 0.4) is 0 Å². The van der Waals surface area contributed by atoms with E-state index >= 15 is 0 Å². The van der Waals surface area contributed by atoms with Crippen LogP contribution in [0.15, 0.2) is 70.7 Å². The highest BCUT2D eigenvalue weighted by atomic mass is 35.5. The van der Waals surface area contributed by atoms with Gasteiger partial charge in [0.15, 0.2) is 0 Å². The zero-order chi connectivity index (χ0) is 18.4. The smallest absolute Gasteiger partial charge is 0.343 e. The van der Waals surface area contributed by atoms with Crippen molar-refractivity contribution in [1.29, 1.82) is 0 Å². The average molecular weight is 369 g/mol. The third-order valence-electron chi connectivity index (χ3n) is 3.29. The van der Waals surface area contributed by atoms with Gasteiger partial charge < -0.3 is 4.74 Å². The first-order valence-electron chi connectivity index (χ1n) is 7.53. The number of hydrogen-bond donors (Lipinski definition) is 2. The van der Waals surface area contributed by atoms with Crippen molar-refractivity contribution in [3.63, 3.8) is 0 Å². The van der Waals surface area contributed by atoms with E-state index in [-0.39, 0.29) is 5.02 Å². The Morgan fingerprint density at radius 3 is 2.62 bits per heavy atom. The zero-order valence-electron chi connectivity index (χ0n) is 13.3. The lowest BCUT2D eigenvalue weighted by atomic mass is 10.2. The summed E-state index contributed by atoms with van der Waals surface area (Å²) in [5, 5.41) is 9.80. The van der Waals surface area contributed by atoms with Gasteiger partial charge >= 0.3 is 5.97 Å². The van der Waals surface area contributed by atoms with E-state index in [1.54, 1.807) is 48.5 Å². The highest BCUT2D eigenvalue weighted by molar-refractivity contribution is 6.32. The number of halogens is 1. The molecule has 0 saturated heterocycles. The fourth-order valence-electron chi connectivity index (χ4n) is 2.00. The van der Waals surface area contributed by atoms with Crippen LogP contribution in [0.4, 0.5) is 5.69 Å². The normalized spacial score (nSPS) is 10.7. The van der Waals surface area contributed by atoms with Crippen LogP contribution in [-0.4, -0.2) is 22.4 Å². The fraction of sp³-hybridized carbons (Fsp3) is 0. The topological polar surface area (TPSA) is 96.4 Å². The van der Waals surface area contributed by atoms with Crippen LogP contribution in [0.1, 0.15) is 15.9 Å². The van der Waals surface area contributed by atoms with Crippen LogP contribution >= 0.6 is 11.6 Å². The molecular weight excluding hydrogens is 356 g/mol. The molecule has 0 aliphatic rings. The van der Waals surface area contributed by atoms with Gasteiger partial charge in [0, 0.05) is 0 Å². The van der Waals surface area contributed by atoms with Crippen molar-refractivity contribution < 1.29 is 9.53 Å². The van der Waals surface area contributed by atoms with Crippen LogP contribution in [0, 0.1) is 0 Å². The third kappa shape index (κ3) is 4.34.